The van der Waals surface area contributed by atoms with E-state index in [0.29, 0.717) is 17.8 Å². The predicted octanol–water partition coefficient (Wildman–Crippen LogP) is 5.95. The van der Waals surface area contributed by atoms with Gasteiger partial charge in [-0.1, -0.05) is 51.0 Å². The molecular formula is C31H48N4O4. The molecule has 3 saturated heterocycles. The Morgan fingerprint density at radius 1 is 0.974 bits per heavy atom. The Labute approximate surface area is 233 Å². The van der Waals surface area contributed by atoms with Gasteiger partial charge in [-0.25, -0.2) is 4.79 Å². The number of aromatic nitrogens is 1. The molecule has 5 aliphatic rings. The van der Waals surface area contributed by atoms with Gasteiger partial charge in [-0.3, -0.25) is 15.1 Å². The van der Waals surface area contributed by atoms with Gasteiger partial charge in [0.25, 0.3) is 0 Å². The van der Waals surface area contributed by atoms with E-state index >= 15 is 0 Å². The largest absolute Gasteiger partial charge is 0.443 e. The summed E-state index contributed by atoms with van der Waals surface area (Å²) in [5.74, 6) is 1.26. The molecular weight excluding hydrogens is 492 g/mol. The lowest BCUT2D eigenvalue weighted by atomic mass is 9.72. The second-order valence-corrected chi connectivity index (χ2v) is 13.0. The summed E-state index contributed by atoms with van der Waals surface area (Å²) in [7, 11) is 0. The summed E-state index contributed by atoms with van der Waals surface area (Å²) < 4.78 is 11.4. The topological polar surface area (TPSA) is 85.0 Å². The van der Waals surface area contributed by atoms with Crippen LogP contribution in [-0.4, -0.2) is 53.5 Å². The summed E-state index contributed by atoms with van der Waals surface area (Å²) in [6, 6.07) is 4.31. The van der Waals surface area contributed by atoms with Crippen LogP contribution >= 0.6 is 0 Å². The monoisotopic (exact) mass is 540 g/mol. The van der Waals surface area contributed by atoms with Crippen LogP contribution in [0.25, 0.3) is 0 Å². The van der Waals surface area contributed by atoms with Crippen molar-refractivity contribution in [1.29, 1.82) is 0 Å². The van der Waals surface area contributed by atoms with E-state index in [4.69, 9.17) is 19.3 Å². The fraction of sp³-hybridized carbons (Fsp3) is 0.806. The summed E-state index contributed by atoms with van der Waals surface area (Å²) in [4.78, 5) is 25.9. The van der Waals surface area contributed by atoms with Crippen LogP contribution in [0.15, 0.2) is 18.3 Å². The van der Waals surface area contributed by atoms with E-state index in [1.807, 2.05) is 18.0 Å². The molecule has 2 aliphatic carbocycles. The molecule has 0 bridgehead atoms. The highest BCUT2D eigenvalue weighted by molar-refractivity contribution is 5.68. The van der Waals surface area contributed by atoms with E-state index in [-0.39, 0.29) is 23.6 Å². The summed E-state index contributed by atoms with van der Waals surface area (Å²) in [6.07, 6.45) is 18.2. The second kappa shape index (κ2) is 12.0. The molecule has 3 unspecified atom stereocenters. The molecule has 2 N–H and O–H groups in total. The Kier molecular flexibility index (Phi) is 8.45. The molecule has 0 aromatic carbocycles. The molecule has 6 rings (SSSR count). The van der Waals surface area contributed by atoms with Crippen molar-refractivity contribution in [2.75, 3.05) is 26.3 Å². The van der Waals surface area contributed by atoms with Crippen LogP contribution in [0.3, 0.4) is 0 Å². The maximum Gasteiger partial charge on any atom is 0.410 e. The minimum absolute atomic E-state index is 0.138. The number of nitrogens with one attached hydrogen (secondary N) is 2. The molecule has 1 aromatic heterocycles. The SMILES string of the molecule is CC1(OC(=O)N2CCC(C3(C4CCCCCCCCC4)NOC(c4ccc(C5CCOC5)nc4)N3)CC2)CC1. The van der Waals surface area contributed by atoms with Gasteiger partial charge >= 0.3 is 6.09 Å². The van der Waals surface area contributed by atoms with Crippen LogP contribution < -0.4 is 10.8 Å². The maximum absolute atomic E-state index is 12.8. The molecule has 8 nitrogen and oxygen atoms in total. The summed E-state index contributed by atoms with van der Waals surface area (Å²) in [5, 5.41) is 3.99. The first-order valence-corrected chi connectivity index (χ1v) is 15.8. The van der Waals surface area contributed by atoms with Crippen molar-refractivity contribution >= 4 is 6.09 Å². The van der Waals surface area contributed by atoms with Crippen molar-refractivity contribution in [1.82, 2.24) is 20.7 Å². The molecule has 3 atom stereocenters. The fourth-order valence-electron chi connectivity index (χ4n) is 7.24. The zero-order valence-electron chi connectivity index (χ0n) is 23.8. The lowest BCUT2D eigenvalue weighted by molar-refractivity contribution is -0.0344. The number of hydroxylamine groups is 1. The van der Waals surface area contributed by atoms with Gasteiger partial charge < -0.3 is 14.4 Å². The zero-order valence-corrected chi connectivity index (χ0v) is 23.8. The smallest absolute Gasteiger partial charge is 0.410 e. The van der Waals surface area contributed by atoms with Gasteiger partial charge in [0.1, 0.15) is 11.3 Å². The van der Waals surface area contributed by atoms with Gasteiger partial charge in [0.15, 0.2) is 6.23 Å². The van der Waals surface area contributed by atoms with Crippen molar-refractivity contribution in [3.05, 3.63) is 29.6 Å². The Balaban J connectivity index is 1.17. The van der Waals surface area contributed by atoms with Gasteiger partial charge in [-0.15, -0.1) is 0 Å². The number of likely N-dealkylation sites (tertiary alicyclic amines) is 1. The lowest BCUT2D eigenvalue weighted by Crippen LogP contribution is -2.62. The van der Waals surface area contributed by atoms with Crippen molar-refractivity contribution in [3.63, 3.8) is 0 Å². The third kappa shape index (κ3) is 6.29. The average Bonchev–Trinajstić information content (AvgIpc) is 3.35. The highest BCUT2D eigenvalue weighted by atomic mass is 16.7. The van der Waals surface area contributed by atoms with Crippen LogP contribution in [0.4, 0.5) is 4.79 Å². The Morgan fingerprint density at radius 3 is 2.28 bits per heavy atom. The highest BCUT2D eigenvalue weighted by Crippen LogP contribution is 2.44. The molecule has 5 fully saturated rings. The van der Waals surface area contributed by atoms with Crippen LogP contribution in [0.2, 0.25) is 0 Å². The molecule has 1 aromatic rings. The first kappa shape index (κ1) is 27.4. The van der Waals surface area contributed by atoms with Gasteiger partial charge in [0.05, 0.1) is 6.61 Å². The van der Waals surface area contributed by atoms with E-state index in [1.54, 1.807) is 0 Å². The Hall–Kier alpha value is -1.74. The quantitative estimate of drug-likeness (QED) is 0.478. The van der Waals surface area contributed by atoms with E-state index in [2.05, 4.69) is 22.9 Å². The maximum atomic E-state index is 12.8. The summed E-state index contributed by atoms with van der Waals surface area (Å²) in [6.45, 7) is 5.11. The number of carbonyl (C=O) groups excluding carboxylic acids is 1. The van der Waals surface area contributed by atoms with Crippen LogP contribution in [0.5, 0.6) is 0 Å². The molecule has 0 spiro atoms. The highest BCUT2D eigenvalue weighted by Gasteiger charge is 2.52. The average molecular weight is 541 g/mol. The van der Waals surface area contributed by atoms with E-state index in [1.165, 1.54) is 57.8 Å². The normalized spacial score (nSPS) is 32.7. The Bertz CT molecular complexity index is 946. The molecule has 3 aliphatic heterocycles. The van der Waals surface area contributed by atoms with Crippen molar-refractivity contribution in [3.8, 4) is 0 Å². The zero-order chi connectivity index (χ0) is 26.7. The van der Waals surface area contributed by atoms with E-state index in [0.717, 1.165) is 69.7 Å². The lowest BCUT2D eigenvalue weighted by Gasteiger charge is -2.46. The number of hydrogen-bond donors (Lipinski definition) is 2. The van der Waals surface area contributed by atoms with E-state index in [9.17, 15) is 4.79 Å². The molecule has 4 heterocycles. The summed E-state index contributed by atoms with van der Waals surface area (Å²) >= 11 is 0. The third-order valence-electron chi connectivity index (χ3n) is 10.1. The minimum atomic E-state index is -0.305. The number of rotatable bonds is 5. The minimum Gasteiger partial charge on any atom is -0.443 e. The van der Waals surface area contributed by atoms with E-state index < -0.39 is 0 Å². The number of piperidine rings is 1. The number of ether oxygens (including phenoxy) is 2. The number of hydrogen-bond acceptors (Lipinski definition) is 7. The molecule has 39 heavy (non-hydrogen) atoms. The van der Waals surface area contributed by atoms with Crippen molar-refractivity contribution in [2.45, 2.75) is 120 Å². The molecule has 2 saturated carbocycles. The molecule has 216 valence electrons. The standard InChI is InChI=1S/C31H48N4O4/c1-30(16-17-30)38-29(36)35-18-13-26(14-19-35)31(25-9-7-5-3-2-4-6-8-10-25)33-28(39-34-31)23-11-12-27(32-21-23)24-15-20-37-22-24/h11-12,21,24-26,28,33-34H,2-10,13-20,22H2,1H3. The van der Waals surface area contributed by atoms with Gasteiger partial charge in [0.2, 0.25) is 0 Å². The fourth-order valence-corrected chi connectivity index (χ4v) is 7.24. The Morgan fingerprint density at radius 2 is 1.67 bits per heavy atom. The number of amides is 1. The molecule has 8 heteroatoms. The third-order valence-corrected chi connectivity index (χ3v) is 10.1. The first-order chi connectivity index (χ1) is 19.0. The predicted molar refractivity (Wildman–Crippen MR) is 149 cm³/mol. The van der Waals surface area contributed by atoms with Gasteiger partial charge in [0, 0.05) is 43.1 Å². The van der Waals surface area contributed by atoms with Crippen LogP contribution in [0, 0.1) is 11.8 Å². The van der Waals surface area contributed by atoms with Crippen LogP contribution in [-0.2, 0) is 14.3 Å². The van der Waals surface area contributed by atoms with Crippen LogP contribution in [0.1, 0.15) is 120 Å². The molecule has 0 radical (unpaired) electrons. The van der Waals surface area contributed by atoms with Gasteiger partial charge in [-0.05, 0) is 69.8 Å². The molecule has 1 amide bonds. The first-order valence-electron chi connectivity index (χ1n) is 15.8. The van der Waals surface area contributed by atoms with Crippen molar-refractivity contribution in [2.24, 2.45) is 11.8 Å². The number of pyridine rings is 1. The van der Waals surface area contributed by atoms with Gasteiger partial charge in [-0.2, -0.15) is 5.48 Å². The van der Waals surface area contributed by atoms with Crippen molar-refractivity contribution < 1.29 is 19.1 Å². The number of carbonyl (C=O) groups is 1. The number of nitrogens with zero attached hydrogens (tertiary/aromatic N) is 2. The second-order valence-electron chi connectivity index (χ2n) is 13.0. The summed E-state index contributed by atoms with van der Waals surface area (Å²) in [5.41, 5.74) is 5.25.